The van der Waals surface area contributed by atoms with Gasteiger partial charge in [0.2, 0.25) is 0 Å². The average Bonchev–Trinajstić information content (AvgIpc) is 1.85. The number of likely N-dealkylation sites (tertiary alicyclic amines) is 1. The van der Waals surface area contributed by atoms with Crippen molar-refractivity contribution in [1.82, 2.24) is 4.90 Å². The van der Waals surface area contributed by atoms with Gasteiger partial charge in [-0.1, -0.05) is 0 Å². The summed E-state index contributed by atoms with van der Waals surface area (Å²) in [7, 11) is 1.96. The molecule has 1 rings (SSSR count). The van der Waals surface area contributed by atoms with Crippen LogP contribution in [0.4, 0.5) is 4.39 Å². The second-order valence-corrected chi connectivity index (χ2v) is 2.62. The van der Waals surface area contributed by atoms with Gasteiger partial charge in [-0.15, -0.1) is 0 Å². The Bertz CT molecular complexity index is 74.6. The molecule has 2 heteroatoms. The number of hydrogen-bond acceptors (Lipinski definition) is 1. The molecule has 1 nitrogen and oxygen atoms in total. The van der Waals surface area contributed by atoms with Crippen LogP contribution in [0.15, 0.2) is 0 Å². The van der Waals surface area contributed by atoms with E-state index in [2.05, 4.69) is 6.92 Å². The van der Waals surface area contributed by atoms with Crippen molar-refractivity contribution in [3.63, 3.8) is 0 Å². The fourth-order valence-corrected chi connectivity index (χ4v) is 1.12. The van der Waals surface area contributed by atoms with E-state index in [4.69, 9.17) is 0 Å². The highest BCUT2D eigenvalue weighted by molar-refractivity contribution is 4.79. The van der Waals surface area contributed by atoms with Gasteiger partial charge in [0.05, 0.1) is 0 Å². The minimum absolute atomic E-state index is 0.449. The van der Waals surface area contributed by atoms with Crippen molar-refractivity contribution in [3.05, 3.63) is 0 Å². The highest BCUT2D eigenvalue weighted by Crippen LogP contribution is 2.16. The zero-order chi connectivity index (χ0) is 6.15. The lowest BCUT2D eigenvalue weighted by molar-refractivity contribution is 0.303. The van der Waals surface area contributed by atoms with Crippen LogP contribution >= 0.6 is 0 Å². The van der Waals surface area contributed by atoms with Crippen LogP contribution in [0, 0.1) is 0 Å². The van der Waals surface area contributed by atoms with E-state index in [1.54, 1.807) is 0 Å². The quantitative estimate of drug-likeness (QED) is 0.458. The van der Waals surface area contributed by atoms with Crippen LogP contribution in [0.2, 0.25) is 0 Å². The minimum Gasteiger partial charge on any atom is -0.301 e. The van der Waals surface area contributed by atoms with E-state index in [1.807, 2.05) is 11.9 Å². The van der Waals surface area contributed by atoms with Crippen molar-refractivity contribution in [1.29, 1.82) is 0 Å². The Morgan fingerprint density at radius 2 is 2.25 bits per heavy atom. The SMILES string of the molecule is CC1CC(F)CN1C. The van der Waals surface area contributed by atoms with Gasteiger partial charge in [0, 0.05) is 12.6 Å². The van der Waals surface area contributed by atoms with Gasteiger partial charge in [0.15, 0.2) is 0 Å². The summed E-state index contributed by atoms with van der Waals surface area (Å²) in [4.78, 5) is 2.05. The fourth-order valence-electron chi connectivity index (χ4n) is 1.12. The summed E-state index contributed by atoms with van der Waals surface area (Å²) in [5.74, 6) is 0. The Hall–Kier alpha value is -0.110. The molecule has 1 aliphatic heterocycles. The lowest BCUT2D eigenvalue weighted by Crippen LogP contribution is -2.21. The van der Waals surface area contributed by atoms with E-state index in [1.165, 1.54) is 0 Å². The summed E-state index contributed by atoms with van der Waals surface area (Å²) in [5, 5.41) is 0. The number of alkyl halides is 1. The first kappa shape index (κ1) is 6.02. The molecule has 0 aliphatic carbocycles. The molecule has 1 saturated heterocycles. The lowest BCUT2D eigenvalue weighted by atomic mass is 10.2. The molecule has 2 unspecified atom stereocenters. The third kappa shape index (κ3) is 0.996. The Labute approximate surface area is 49.5 Å². The van der Waals surface area contributed by atoms with Crippen molar-refractivity contribution < 1.29 is 4.39 Å². The van der Waals surface area contributed by atoms with Gasteiger partial charge in [0.1, 0.15) is 6.17 Å². The van der Waals surface area contributed by atoms with Crippen molar-refractivity contribution >= 4 is 0 Å². The molecule has 0 aromatic carbocycles. The van der Waals surface area contributed by atoms with Crippen LogP contribution in [0.1, 0.15) is 13.3 Å². The molecule has 0 radical (unpaired) electrons. The predicted molar refractivity (Wildman–Crippen MR) is 31.6 cm³/mol. The number of nitrogens with zero attached hydrogens (tertiary/aromatic N) is 1. The van der Waals surface area contributed by atoms with E-state index in [0.717, 1.165) is 6.42 Å². The number of halogens is 1. The molecule has 0 spiro atoms. The number of rotatable bonds is 0. The third-order valence-corrected chi connectivity index (χ3v) is 1.84. The van der Waals surface area contributed by atoms with Crippen molar-refractivity contribution in [3.8, 4) is 0 Å². The van der Waals surface area contributed by atoms with E-state index < -0.39 is 6.17 Å². The van der Waals surface area contributed by atoms with Gasteiger partial charge in [-0.2, -0.15) is 0 Å². The topological polar surface area (TPSA) is 3.24 Å². The highest BCUT2D eigenvalue weighted by Gasteiger charge is 2.24. The largest absolute Gasteiger partial charge is 0.301 e. The second-order valence-electron chi connectivity index (χ2n) is 2.62. The minimum atomic E-state index is -0.574. The Morgan fingerprint density at radius 3 is 2.38 bits per heavy atom. The van der Waals surface area contributed by atoms with Gasteiger partial charge in [-0.25, -0.2) is 4.39 Å². The zero-order valence-corrected chi connectivity index (χ0v) is 5.39. The lowest BCUT2D eigenvalue weighted by Gasteiger charge is -2.11. The van der Waals surface area contributed by atoms with Crippen LogP contribution < -0.4 is 0 Å². The monoisotopic (exact) mass is 117 g/mol. The standard InChI is InChI=1S/C6H12FN/c1-5-3-6(7)4-8(5)2/h5-6H,3-4H2,1-2H3. The maximum Gasteiger partial charge on any atom is 0.114 e. The molecular formula is C6H12FN. The maximum absolute atomic E-state index is 12.4. The molecule has 2 atom stereocenters. The van der Waals surface area contributed by atoms with Crippen LogP contribution in [0.3, 0.4) is 0 Å². The molecule has 0 bridgehead atoms. The molecule has 0 aromatic rings. The van der Waals surface area contributed by atoms with Gasteiger partial charge < -0.3 is 4.90 Å². The Balaban J connectivity index is 2.39. The maximum atomic E-state index is 12.4. The Morgan fingerprint density at radius 1 is 1.62 bits per heavy atom. The summed E-state index contributed by atoms with van der Waals surface area (Å²) in [6.07, 6.45) is 0.145. The average molecular weight is 117 g/mol. The van der Waals surface area contributed by atoms with Crippen LogP contribution in [-0.4, -0.2) is 30.7 Å². The first-order valence-electron chi connectivity index (χ1n) is 3.04. The molecule has 0 saturated carbocycles. The molecule has 1 fully saturated rings. The van der Waals surface area contributed by atoms with Gasteiger partial charge >= 0.3 is 0 Å². The molecule has 0 aromatic heterocycles. The highest BCUT2D eigenvalue weighted by atomic mass is 19.1. The van der Waals surface area contributed by atoms with Crippen LogP contribution in [0.5, 0.6) is 0 Å². The van der Waals surface area contributed by atoms with E-state index >= 15 is 0 Å². The predicted octanol–water partition coefficient (Wildman–Crippen LogP) is 1.05. The smallest absolute Gasteiger partial charge is 0.114 e. The summed E-state index contributed by atoms with van der Waals surface area (Å²) in [5.41, 5.74) is 0. The van der Waals surface area contributed by atoms with Crippen molar-refractivity contribution in [2.75, 3.05) is 13.6 Å². The third-order valence-electron chi connectivity index (χ3n) is 1.84. The second kappa shape index (κ2) is 2.02. The van der Waals surface area contributed by atoms with Crippen LogP contribution in [-0.2, 0) is 0 Å². The molecular weight excluding hydrogens is 105 g/mol. The van der Waals surface area contributed by atoms with Crippen molar-refractivity contribution in [2.45, 2.75) is 25.6 Å². The van der Waals surface area contributed by atoms with Gasteiger partial charge in [-0.05, 0) is 20.4 Å². The summed E-state index contributed by atoms with van der Waals surface area (Å²) in [6.45, 7) is 2.68. The first-order chi connectivity index (χ1) is 3.70. The van der Waals surface area contributed by atoms with Gasteiger partial charge in [0.25, 0.3) is 0 Å². The summed E-state index contributed by atoms with van der Waals surface area (Å²) >= 11 is 0. The zero-order valence-electron chi connectivity index (χ0n) is 5.39. The summed E-state index contributed by atoms with van der Waals surface area (Å²) < 4.78 is 12.4. The fraction of sp³-hybridized carbons (Fsp3) is 1.00. The molecule has 0 amide bonds. The normalized spacial score (nSPS) is 40.9. The first-order valence-corrected chi connectivity index (χ1v) is 3.04. The number of hydrogen-bond donors (Lipinski definition) is 0. The van der Waals surface area contributed by atoms with E-state index in [-0.39, 0.29) is 0 Å². The van der Waals surface area contributed by atoms with E-state index in [9.17, 15) is 4.39 Å². The Kier molecular flexibility index (Phi) is 1.52. The molecule has 8 heavy (non-hydrogen) atoms. The molecule has 1 aliphatic rings. The van der Waals surface area contributed by atoms with Gasteiger partial charge in [-0.3, -0.25) is 0 Å². The van der Waals surface area contributed by atoms with E-state index in [0.29, 0.717) is 12.6 Å². The van der Waals surface area contributed by atoms with Crippen LogP contribution in [0.25, 0.3) is 0 Å². The van der Waals surface area contributed by atoms with Crippen molar-refractivity contribution in [2.24, 2.45) is 0 Å². The molecule has 1 heterocycles. The molecule has 0 N–H and O–H groups in total. The summed E-state index contributed by atoms with van der Waals surface area (Å²) in [6, 6.07) is 0.449. The molecule has 48 valence electrons.